The Hall–Kier alpha value is -3.15. The van der Waals surface area contributed by atoms with Crippen molar-refractivity contribution in [3.05, 3.63) is 65.2 Å². The van der Waals surface area contributed by atoms with Crippen LogP contribution in [0.2, 0.25) is 0 Å². The van der Waals surface area contributed by atoms with Gasteiger partial charge in [-0.05, 0) is 36.1 Å². The molecule has 2 aliphatic rings. The van der Waals surface area contributed by atoms with Crippen LogP contribution in [-0.2, 0) is 11.2 Å². The van der Waals surface area contributed by atoms with E-state index >= 15 is 0 Å². The summed E-state index contributed by atoms with van der Waals surface area (Å²) in [5.41, 5.74) is 1.83. The summed E-state index contributed by atoms with van der Waals surface area (Å²) >= 11 is 0. The monoisotopic (exact) mass is 392 g/mol. The largest absolute Gasteiger partial charge is 0.488 e. The number of amides is 3. The van der Waals surface area contributed by atoms with E-state index in [0.717, 1.165) is 22.6 Å². The van der Waals surface area contributed by atoms with Crippen molar-refractivity contribution in [1.82, 2.24) is 10.2 Å². The summed E-state index contributed by atoms with van der Waals surface area (Å²) in [5, 5.41) is 2.90. The Morgan fingerprint density at radius 1 is 1.07 bits per heavy atom. The van der Waals surface area contributed by atoms with Crippen LogP contribution in [0.25, 0.3) is 0 Å². The fraction of sp³-hybridized carbons (Fsp3) is 0.348. The summed E-state index contributed by atoms with van der Waals surface area (Å²) < 4.78 is 5.87. The Bertz CT molecular complexity index is 909. The van der Waals surface area contributed by atoms with Crippen molar-refractivity contribution in [2.45, 2.75) is 38.8 Å². The van der Waals surface area contributed by atoms with Gasteiger partial charge in [0.05, 0.1) is 17.7 Å². The highest BCUT2D eigenvalue weighted by atomic mass is 16.5. The molecule has 0 spiro atoms. The lowest BCUT2D eigenvalue weighted by Crippen LogP contribution is -2.51. The molecular weight excluding hydrogens is 368 g/mol. The van der Waals surface area contributed by atoms with Crippen LogP contribution < -0.4 is 10.1 Å². The minimum Gasteiger partial charge on any atom is -0.488 e. The first-order valence-electron chi connectivity index (χ1n) is 9.95. The van der Waals surface area contributed by atoms with Gasteiger partial charge in [0, 0.05) is 6.42 Å². The molecule has 2 aliphatic heterocycles. The van der Waals surface area contributed by atoms with E-state index in [0.29, 0.717) is 24.1 Å². The number of nitrogens with zero attached hydrogens (tertiary/aromatic N) is 1. The van der Waals surface area contributed by atoms with E-state index in [4.69, 9.17) is 4.74 Å². The Morgan fingerprint density at radius 3 is 2.31 bits per heavy atom. The van der Waals surface area contributed by atoms with Gasteiger partial charge in [0.2, 0.25) is 5.91 Å². The number of carbonyl (C=O) groups is 3. The quantitative estimate of drug-likeness (QED) is 0.767. The average molecular weight is 392 g/mol. The van der Waals surface area contributed by atoms with Crippen LogP contribution in [0, 0.1) is 5.92 Å². The van der Waals surface area contributed by atoms with Gasteiger partial charge in [-0.1, -0.05) is 44.2 Å². The molecule has 0 radical (unpaired) electrons. The molecule has 2 aromatic carbocycles. The number of para-hydroxylation sites is 1. The van der Waals surface area contributed by atoms with Gasteiger partial charge < -0.3 is 10.1 Å². The molecule has 2 heterocycles. The van der Waals surface area contributed by atoms with Crippen molar-refractivity contribution in [3.63, 3.8) is 0 Å². The zero-order chi connectivity index (χ0) is 20.5. The Balaban J connectivity index is 1.47. The smallest absolute Gasteiger partial charge is 0.262 e. The van der Waals surface area contributed by atoms with Gasteiger partial charge in [-0.15, -0.1) is 0 Å². The van der Waals surface area contributed by atoms with E-state index < -0.39 is 17.9 Å². The van der Waals surface area contributed by atoms with Gasteiger partial charge in [0.15, 0.2) is 0 Å². The minimum absolute atomic E-state index is 0.141. The molecule has 150 valence electrons. The fourth-order valence-corrected chi connectivity index (χ4v) is 3.97. The highest BCUT2D eigenvalue weighted by Crippen LogP contribution is 2.29. The average Bonchev–Trinajstić information content (AvgIpc) is 3.23. The van der Waals surface area contributed by atoms with Gasteiger partial charge in [0.25, 0.3) is 11.8 Å². The molecule has 1 N–H and O–H groups in total. The van der Waals surface area contributed by atoms with Crippen LogP contribution in [0.15, 0.2) is 48.5 Å². The zero-order valence-electron chi connectivity index (χ0n) is 16.6. The number of ether oxygens (including phenoxy) is 1. The lowest BCUT2D eigenvalue weighted by Gasteiger charge is -2.27. The first-order valence-corrected chi connectivity index (χ1v) is 9.95. The molecule has 0 fully saturated rings. The molecular formula is C23H24N2O4. The number of rotatable bonds is 6. The molecule has 2 unspecified atom stereocenters. The molecule has 6 nitrogen and oxygen atoms in total. The maximum atomic E-state index is 13.0. The number of carbonyl (C=O) groups excluding carboxylic acids is 3. The highest BCUT2D eigenvalue weighted by molar-refractivity contribution is 6.22. The Labute approximate surface area is 169 Å². The molecule has 0 aromatic heterocycles. The number of fused-ring (bicyclic) bond motifs is 2. The standard InChI is InChI=1S/C23H24N2O4/c1-14(2)11-19(25-22(27)17-8-4-5-9-18(17)23(25)28)21(26)24-13-16-12-15-7-3-6-10-20(15)29-16/h3-10,14,16,19H,11-13H2,1-2H3,(H,24,26). The molecule has 2 aromatic rings. The van der Waals surface area contributed by atoms with E-state index in [1.807, 2.05) is 38.1 Å². The van der Waals surface area contributed by atoms with Gasteiger partial charge in [-0.25, -0.2) is 0 Å². The summed E-state index contributed by atoms with van der Waals surface area (Å²) in [6.07, 6.45) is 0.972. The number of benzene rings is 2. The predicted octanol–water partition coefficient (Wildman–Crippen LogP) is 2.82. The maximum Gasteiger partial charge on any atom is 0.262 e. The van der Waals surface area contributed by atoms with Crippen LogP contribution in [0.5, 0.6) is 5.75 Å². The van der Waals surface area contributed by atoms with Crippen molar-refractivity contribution < 1.29 is 19.1 Å². The van der Waals surface area contributed by atoms with Crippen molar-refractivity contribution >= 4 is 17.7 Å². The molecule has 3 amide bonds. The van der Waals surface area contributed by atoms with Crippen molar-refractivity contribution in [2.75, 3.05) is 6.54 Å². The van der Waals surface area contributed by atoms with Gasteiger partial charge in [-0.2, -0.15) is 0 Å². The number of hydrogen-bond donors (Lipinski definition) is 1. The molecule has 0 saturated carbocycles. The lowest BCUT2D eigenvalue weighted by molar-refractivity contribution is -0.125. The molecule has 0 saturated heterocycles. The molecule has 4 rings (SSSR count). The van der Waals surface area contributed by atoms with Gasteiger partial charge >= 0.3 is 0 Å². The SMILES string of the molecule is CC(C)CC(C(=O)NCC1Cc2ccccc2O1)N1C(=O)c2ccccc2C1=O. The topological polar surface area (TPSA) is 75.7 Å². The number of imide groups is 1. The molecule has 0 bridgehead atoms. The van der Waals surface area contributed by atoms with Gasteiger partial charge in [-0.3, -0.25) is 19.3 Å². The third kappa shape index (κ3) is 3.62. The lowest BCUT2D eigenvalue weighted by atomic mass is 10.0. The summed E-state index contributed by atoms with van der Waals surface area (Å²) in [4.78, 5) is 39.8. The van der Waals surface area contributed by atoms with E-state index in [9.17, 15) is 14.4 Å². The summed E-state index contributed by atoms with van der Waals surface area (Å²) in [6, 6.07) is 13.7. The van der Waals surface area contributed by atoms with E-state index in [-0.39, 0.29) is 17.9 Å². The number of hydrogen-bond acceptors (Lipinski definition) is 4. The first-order chi connectivity index (χ1) is 14.0. The second-order valence-corrected chi connectivity index (χ2v) is 7.97. The molecule has 6 heteroatoms. The van der Waals surface area contributed by atoms with Crippen LogP contribution in [0.4, 0.5) is 0 Å². The first kappa shape index (κ1) is 19.2. The van der Waals surface area contributed by atoms with Crippen LogP contribution in [0.1, 0.15) is 46.5 Å². The second kappa shape index (κ2) is 7.70. The van der Waals surface area contributed by atoms with E-state index in [1.54, 1.807) is 24.3 Å². The predicted molar refractivity (Wildman–Crippen MR) is 108 cm³/mol. The molecule has 2 atom stereocenters. The zero-order valence-corrected chi connectivity index (χ0v) is 16.6. The van der Waals surface area contributed by atoms with Crippen LogP contribution in [-0.4, -0.2) is 41.3 Å². The van der Waals surface area contributed by atoms with Crippen molar-refractivity contribution in [3.8, 4) is 5.75 Å². The van der Waals surface area contributed by atoms with Crippen molar-refractivity contribution in [1.29, 1.82) is 0 Å². The van der Waals surface area contributed by atoms with Gasteiger partial charge in [0.1, 0.15) is 17.9 Å². The molecule has 0 aliphatic carbocycles. The third-order valence-corrected chi connectivity index (χ3v) is 5.35. The van der Waals surface area contributed by atoms with Crippen LogP contribution in [0.3, 0.4) is 0 Å². The Morgan fingerprint density at radius 2 is 1.69 bits per heavy atom. The fourth-order valence-electron chi connectivity index (χ4n) is 3.97. The van der Waals surface area contributed by atoms with E-state index in [2.05, 4.69) is 5.32 Å². The Kier molecular flexibility index (Phi) is 5.09. The van der Waals surface area contributed by atoms with Crippen molar-refractivity contribution in [2.24, 2.45) is 5.92 Å². The minimum atomic E-state index is -0.842. The number of nitrogens with one attached hydrogen (secondary N) is 1. The summed E-state index contributed by atoms with van der Waals surface area (Å²) in [6.45, 7) is 4.26. The maximum absolute atomic E-state index is 13.0. The summed E-state index contributed by atoms with van der Waals surface area (Å²) in [5.74, 6) is -0.160. The molecule has 29 heavy (non-hydrogen) atoms. The summed E-state index contributed by atoms with van der Waals surface area (Å²) in [7, 11) is 0. The second-order valence-electron chi connectivity index (χ2n) is 7.97. The van der Waals surface area contributed by atoms with E-state index in [1.165, 1.54) is 0 Å². The van der Waals surface area contributed by atoms with Crippen LogP contribution >= 0.6 is 0 Å². The normalized spacial score (nSPS) is 18.4. The highest BCUT2D eigenvalue weighted by Gasteiger charge is 2.42. The third-order valence-electron chi connectivity index (χ3n) is 5.35.